The summed E-state index contributed by atoms with van der Waals surface area (Å²) in [4.78, 5) is 31.4. The standard InChI is InChI=1S/C21H21ClN4O2/c1-14-24-18-4-2-3-5-19(18)25(14)13-11-23-20(27)17-10-12-26(21(17)28)16-8-6-15(22)7-9-16/h2-9,17H,10-13H2,1H3,(H,23,27). The van der Waals surface area contributed by atoms with Crippen LogP contribution in [0.2, 0.25) is 5.02 Å². The van der Waals surface area contributed by atoms with Crippen LogP contribution in [0, 0.1) is 12.8 Å². The lowest BCUT2D eigenvalue weighted by atomic mass is 10.1. The smallest absolute Gasteiger partial charge is 0.239 e. The SMILES string of the molecule is Cc1nc2ccccc2n1CCNC(=O)C1CCN(c2ccc(Cl)cc2)C1=O. The van der Waals surface area contributed by atoms with Crippen LogP contribution in [0.15, 0.2) is 48.5 Å². The molecule has 0 bridgehead atoms. The van der Waals surface area contributed by atoms with Gasteiger partial charge < -0.3 is 14.8 Å². The summed E-state index contributed by atoms with van der Waals surface area (Å²) >= 11 is 5.91. The van der Waals surface area contributed by atoms with Crippen LogP contribution in [0.25, 0.3) is 11.0 Å². The van der Waals surface area contributed by atoms with Gasteiger partial charge in [0.1, 0.15) is 11.7 Å². The summed E-state index contributed by atoms with van der Waals surface area (Å²) in [5.41, 5.74) is 2.75. The largest absolute Gasteiger partial charge is 0.354 e. The fourth-order valence-corrected chi connectivity index (χ4v) is 3.82. The molecule has 2 aromatic carbocycles. The van der Waals surface area contributed by atoms with E-state index in [0.29, 0.717) is 31.1 Å². The Hall–Kier alpha value is -2.86. The number of halogens is 1. The summed E-state index contributed by atoms with van der Waals surface area (Å²) in [5.74, 6) is -0.120. The summed E-state index contributed by atoms with van der Waals surface area (Å²) in [6.45, 7) is 3.54. The van der Waals surface area contributed by atoms with Crippen LogP contribution in [0.4, 0.5) is 5.69 Å². The highest BCUT2D eigenvalue weighted by Gasteiger charge is 2.37. The highest BCUT2D eigenvalue weighted by molar-refractivity contribution is 6.30. The maximum Gasteiger partial charge on any atom is 0.239 e. The van der Waals surface area contributed by atoms with Crippen molar-refractivity contribution in [1.82, 2.24) is 14.9 Å². The number of nitrogens with zero attached hydrogens (tertiary/aromatic N) is 3. The van der Waals surface area contributed by atoms with Crippen LogP contribution in [0.5, 0.6) is 0 Å². The minimum atomic E-state index is -0.642. The van der Waals surface area contributed by atoms with Crippen molar-refractivity contribution in [3.05, 3.63) is 59.4 Å². The second kappa shape index (κ2) is 7.64. The lowest BCUT2D eigenvalue weighted by Crippen LogP contribution is -2.38. The van der Waals surface area contributed by atoms with Gasteiger partial charge in [0, 0.05) is 30.3 Å². The number of carbonyl (C=O) groups excluding carboxylic acids is 2. The molecular weight excluding hydrogens is 376 g/mol. The second-order valence-corrected chi connectivity index (χ2v) is 7.33. The number of hydrogen-bond acceptors (Lipinski definition) is 3. The molecule has 0 radical (unpaired) electrons. The monoisotopic (exact) mass is 396 g/mol. The molecule has 1 saturated heterocycles. The zero-order valence-electron chi connectivity index (χ0n) is 15.6. The Balaban J connectivity index is 1.37. The van der Waals surface area contributed by atoms with E-state index in [1.807, 2.05) is 31.2 Å². The number of fused-ring (bicyclic) bond motifs is 1. The number of aromatic nitrogens is 2. The van der Waals surface area contributed by atoms with Gasteiger partial charge in [0.15, 0.2) is 0 Å². The van der Waals surface area contributed by atoms with Crippen molar-refractivity contribution < 1.29 is 9.59 Å². The van der Waals surface area contributed by atoms with Crippen molar-refractivity contribution in [2.24, 2.45) is 5.92 Å². The van der Waals surface area contributed by atoms with E-state index >= 15 is 0 Å². The average molecular weight is 397 g/mol. The lowest BCUT2D eigenvalue weighted by molar-refractivity contribution is -0.132. The van der Waals surface area contributed by atoms with Crippen molar-refractivity contribution >= 4 is 40.1 Å². The third-order valence-corrected chi connectivity index (χ3v) is 5.39. The number of hydrogen-bond donors (Lipinski definition) is 1. The number of para-hydroxylation sites is 2. The summed E-state index contributed by atoms with van der Waals surface area (Å²) in [7, 11) is 0. The molecule has 1 aromatic heterocycles. The lowest BCUT2D eigenvalue weighted by Gasteiger charge is -2.17. The molecule has 6 nitrogen and oxygen atoms in total. The molecule has 1 aliphatic heterocycles. The van der Waals surface area contributed by atoms with Gasteiger partial charge in [-0.1, -0.05) is 23.7 Å². The first-order valence-electron chi connectivity index (χ1n) is 9.31. The van der Waals surface area contributed by atoms with Gasteiger partial charge in [0.2, 0.25) is 11.8 Å². The van der Waals surface area contributed by atoms with Crippen LogP contribution in [-0.4, -0.2) is 34.5 Å². The zero-order valence-corrected chi connectivity index (χ0v) is 16.3. The van der Waals surface area contributed by atoms with Crippen molar-refractivity contribution in [2.45, 2.75) is 19.9 Å². The number of anilines is 1. The predicted octanol–water partition coefficient (Wildman–Crippen LogP) is 3.17. The van der Waals surface area contributed by atoms with Gasteiger partial charge in [-0.15, -0.1) is 0 Å². The summed E-state index contributed by atoms with van der Waals surface area (Å²) in [5, 5.41) is 3.53. The number of carbonyl (C=O) groups is 2. The number of imidazole rings is 1. The van der Waals surface area contributed by atoms with E-state index in [1.54, 1.807) is 29.2 Å². The third-order valence-electron chi connectivity index (χ3n) is 5.14. The molecule has 2 heterocycles. The molecule has 1 unspecified atom stereocenters. The summed E-state index contributed by atoms with van der Waals surface area (Å²) in [6, 6.07) is 15.0. The number of nitrogens with one attached hydrogen (secondary N) is 1. The molecule has 0 spiro atoms. The molecule has 3 aromatic rings. The van der Waals surface area contributed by atoms with Crippen molar-refractivity contribution in [1.29, 1.82) is 0 Å². The molecule has 1 aliphatic rings. The molecule has 2 amide bonds. The highest BCUT2D eigenvalue weighted by atomic mass is 35.5. The van der Waals surface area contributed by atoms with Crippen LogP contribution < -0.4 is 10.2 Å². The first-order valence-corrected chi connectivity index (χ1v) is 9.69. The minimum Gasteiger partial charge on any atom is -0.354 e. The van der Waals surface area contributed by atoms with E-state index in [-0.39, 0.29) is 11.8 Å². The number of amides is 2. The fraction of sp³-hybridized carbons (Fsp3) is 0.286. The maximum atomic E-state index is 12.7. The Labute approximate surface area is 168 Å². The quantitative estimate of drug-likeness (QED) is 0.673. The van der Waals surface area contributed by atoms with Gasteiger partial charge in [-0.2, -0.15) is 0 Å². The second-order valence-electron chi connectivity index (χ2n) is 6.90. The molecule has 1 atom stereocenters. The first-order chi connectivity index (χ1) is 13.5. The van der Waals surface area contributed by atoms with E-state index in [2.05, 4.69) is 14.9 Å². The average Bonchev–Trinajstić information content (AvgIpc) is 3.22. The maximum absolute atomic E-state index is 12.7. The Morgan fingerprint density at radius 1 is 1.21 bits per heavy atom. The minimum absolute atomic E-state index is 0.163. The zero-order chi connectivity index (χ0) is 19.7. The molecular formula is C21H21ClN4O2. The Kier molecular flexibility index (Phi) is 5.05. The van der Waals surface area contributed by atoms with E-state index < -0.39 is 5.92 Å². The van der Waals surface area contributed by atoms with E-state index in [0.717, 1.165) is 22.5 Å². The van der Waals surface area contributed by atoms with E-state index in [1.165, 1.54) is 0 Å². The van der Waals surface area contributed by atoms with Crippen LogP contribution in [0.1, 0.15) is 12.2 Å². The van der Waals surface area contributed by atoms with Gasteiger partial charge in [0.25, 0.3) is 0 Å². The first kappa shape index (κ1) is 18.5. The predicted molar refractivity (Wildman–Crippen MR) is 109 cm³/mol. The highest BCUT2D eigenvalue weighted by Crippen LogP contribution is 2.26. The molecule has 28 heavy (non-hydrogen) atoms. The number of aryl methyl sites for hydroxylation is 1. The Morgan fingerprint density at radius 2 is 1.96 bits per heavy atom. The molecule has 1 N–H and O–H groups in total. The van der Waals surface area contributed by atoms with E-state index in [9.17, 15) is 9.59 Å². The number of rotatable bonds is 5. The molecule has 0 aliphatic carbocycles. The van der Waals surface area contributed by atoms with Crippen LogP contribution in [0.3, 0.4) is 0 Å². The molecule has 144 valence electrons. The topological polar surface area (TPSA) is 67.2 Å². The summed E-state index contributed by atoms with van der Waals surface area (Å²) < 4.78 is 2.08. The summed E-state index contributed by atoms with van der Waals surface area (Å²) in [6.07, 6.45) is 0.514. The van der Waals surface area contributed by atoms with Crippen LogP contribution >= 0.6 is 11.6 Å². The fourth-order valence-electron chi connectivity index (χ4n) is 3.69. The molecule has 0 saturated carbocycles. The van der Waals surface area contributed by atoms with Crippen molar-refractivity contribution in [2.75, 3.05) is 18.0 Å². The van der Waals surface area contributed by atoms with Gasteiger partial charge in [-0.3, -0.25) is 9.59 Å². The van der Waals surface area contributed by atoms with Gasteiger partial charge >= 0.3 is 0 Å². The number of benzene rings is 2. The van der Waals surface area contributed by atoms with Gasteiger partial charge in [0.05, 0.1) is 11.0 Å². The van der Waals surface area contributed by atoms with Gasteiger partial charge in [-0.25, -0.2) is 4.98 Å². The van der Waals surface area contributed by atoms with Gasteiger partial charge in [-0.05, 0) is 49.7 Å². The molecule has 7 heteroatoms. The Morgan fingerprint density at radius 3 is 2.75 bits per heavy atom. The van der Waals surface area contributed by atoms with E-state index in [4.69, 9.17) is 11.6 Å². The third kappa shape index (κ3) is 3.47. The van der Waals surface area contributed by atoms with Crippen molar-refractivity contribution in [3.8, 4) is 0 Å². The molecule has 4 rings (SSSR count). The van der Waals surface area contributed by atoms with Crippen molar-refractivity contribution in [3.63, 3.8) is 0 Å². The Bertz CT molecular complexity index is 1030. The van der Waals surface area contributed by atoms with Crippen LogP contribution in [-0.2, 0) is 16.1 Å². The normalized spacial score (nSPS) is 16.7. The molecule has 1 fully saturated rings.